The summed E-state index contributed by atoms with van der Waals surface area (Å²) in [5, 5.41) is 9.09. The molecule has 0 aliphatic carbocycles. The maximum Gasteiger partial charge on any atom is 0.134 e. The first-order valence-electron chi connectivity index (χ1n) is 3.20. The van der Waals surface area contributed by atoms with Gasteiger partial charge in [-0.3, -0.25) is 4.90 Å². The molecule has 9 heavy (non-hydrogen) atoms. The number of aliphatic hydroxyl groups excluding tert-OH is 1. The molecule has 1 heterocycles. The Labute approximate surface area is 54.3 Å². The van der Waals surface area contributed by atoms with Crippen molar-refractivity contribution in [2.75, 3.05) is 13.1 Å². The van der Waals surface area contributed by atoms with E-state index in [1.54, 1.807) is 4.90 Å². The third-order valence-corrected chi connectivity index (χ3v) is 1.64. The number of aldehydes is 1. The highest BCUT2D eigenvalue weighted by Gasteiger charge is 2.20. The predicted octanol–water partition coefficient (Wildman–Crippen LogP) is -0.400. The highest BCUT2D eigenvalue weighted by atomic mass is 16.3. The van der Waals surface area contributed by atoms with E-state index in [-0.39, 0.29) is 6.23 Å². The number of rotatable bonds is 2. The number of carbonyl (C=O) groups is 1. The lowest BCUT2D eigenvalue weighted by molar-refractivity contribution is -0.110. The molecule has 1 atom stereocenters. The molecule has 52 valence electrons. The molecule has 3 nitrogen and oxygen atoms in total. The van der Waals surface area contributed by atoms with Gasteiger partial charge in [0.2, 0.25) is 0 Å². The van der Waals surface area contributed by atoms with Crippen molar-refractivity contribution in [3.05, 3.63) is 0 Å². The maximum atomic E-state index is 9.95. The van der Waals surface area contributed by atoms with Gasteiger partial charge in [-0.1, -0.05) is 0 Å². The highest BCUT2D eigenvalue weighted by molar-refractivity contribution is 5.52. The van der Waals surface area contributed by atoms with Crippen LogP contribution in [0.2, 0.25) is 0 Å². The van der Waals surface area contributed by atoms with Crippen molar-refractivity contribution in [3.8, 4) is 0 Å². The van der Waals surface area contributed by atoms with Crippen molar-refractivity contribution in [2.24, 2.45) is 0 Å². The molecule has 0 spiro atoms. The topological polar surface area (TPSA) is 40.5 Å². The monoisotopic (exact) mass is 129 g/mol. The quantitative estimate of drug-likeness (QED) is 0.516. The van der Waals surface area contributed by atoms with E-state index in [1.807, 2.05) is 0 Å². The first kappa shape index (κ1) is 6.71. The average Bonchev–Trinajstić information content (AvgIpc) is 2.18. The molecule has 0 bridgehead atoms. The number of hydrogen-bond donors (Lipinski definition) is 1. The lowest BCUT2D eigenvalue weighted by Gasteiger charge is -2.15. The highest BCUT2D eigenvalue weighted by Crippen LogP contribution is 2.12. The van der Waals surface area contributed by atoms with Crippen molar-refractivity contribution in [1.29, 1.82) is 0 Å². The van der Waals surface area contributed by atoms with E-state index >= 15 is 0 Å². The molecule has 0 amide bonds. The fraction of sp³-hybridized carbons (Fsp3) is 0.833. The Bertz CT molecular complexity index is 105. The number of likely N-dealkylation sites (tertiary alicyclic amines) is 1. The summed E-state index contributed by atoms with van der Waals surface area (Å²) in [6.45, 7) is 1.24. The molecule has 1 saturated heterocycles. The zero-order valence-corrected chi connectivity index (χ0v) is 5.29. The van der Waals surface area contributed by atoms with Crippen LogP contribution in [0.25, 0.3) is 0 Å². The molecule has 1 rings (SSSR count). The van der Waals surface area contributed by atoms with Gasteiger partial charge in [0, 0.05) is 6.54 Å². The number of hydrogen-bond acceptors (Lipinski definition) is 3. The summed E-state index contributed by atoms with van der Waals surface area (Å²) in [4.78, 5) is 11.7. The van der Waals surface area contributed by atoms with E-state index in [4.69, 9.17) is 5.11 Å². The fourth-order valence-corrected chi connectivity index (χ4v) is 1.12. The predicted molar refractivity (Wildman–Crippen MR) is 32.9 cm³/mol. The van der Waals surface area contributed by atoms with Gasteiger partial charge in [0.25, 0.3) is 0 Å². The normalized spacial score (nSPS) is 28.8. The molecule has 0 saturated carbocycles. The van der Waals surface area contributed by atoms with Gasteiger partial charge in [-0.25, -0.2) is 0 Å². The first-order chi connectivity index (χ1) is 4.34. The Hall–Kier alpha value is -0.410. The van der Waals surface area contributed by atoms with Gasteiger partial charge in [-0.2, -0.15) is 0 Å². The van der Waals surface area contributed by atoms with Crippen molar-refractivity contribution < 1.29 is 9.90 Å². The molecule has 0 aromatic heterocycles. The van der Waals surface area contributed by atoms with Crippen LogP contribution in [0.1, 0.15) is 12.8 Å². The molecule has 1 fully saturated rings. The van der Waals surface area contributed by atoms with Gasteiger partial charge in [-0.15, -0.1) is 0 Å². The summed E-state index contributed by atoms with van der Waals surface area (Å²) >= 11 is 0. The summed E-state index contributed by atoms with van der Waals surface area (Å²) < 4.78 is 0. The van der Waals surface area contributed by atoms with Gasteiger partial charge in [-0.05, 0) is 12.8 Å². The smallest absolute Gasteiger partial charge is 0.134 e. The minimum atomic E-state index is -0.366. The SMILES string of the molecule is O=CCN1CCCC1O. The molecular formula is C6H11NO2. The van der Waals surface area contributed by atoms with E-state index in [1.165, 1.54) is 0 Å². The Morgan fingerprint density at radius 3 is 3.00 bits per heavy atom. The second-order valence-electron chi connectivity index (χ2n) is 2.28. The summed E-state index contributed by atoms with van der Waals surface area (Å²) in [5.74, 6) is 0. The largest absolute Gasteiger partial charge is 0.378 e. The molecule has 1 aliphatic rings. The molecular weight excluding hydrogens is 118 g/mol. The van der Waals surface area contributed by atoms with Crippen LogP contribution < -0.4 is 0 Å². The third-order valence-electron chi connectivity index (χ3n) is 1.64. The van der Waals surface area contributed by atoms with Crippen LogP contribution >= 0.6 is 0 Å². The number of aliphatic hydroxyl groups is 1. The number of nitrogens with zero attached hydrogens (tertiary/aromatic N) is 1. The molecule has 0 aromatic carbocycles. The zero-order valence-electron chi connectivity index (χ0n) is 5.29. The molecule has 0 radical (unpaired) electrons. The zero-order chi connectivity index (χ0) is 6.69. The van der Waals surface area contributed by atoms with Crippen LogP contribution in [0.5, 0.6) is 0 Å². The summed E-state index contributed by atoms with van der Waals surface area (Å²) in [5.41, 5.74) is 0. The molecule has 0 aromatic rings. The Morgan fingerprint density at radius 1 is 1.78 bits per heavy atom. The molecule has 1 unspecified atom stereocenters. The molecule has 1 aliphatic heterocycles. The van der Waals surface area contributed by atoms with E-state index in [0.29, 0.717) is 6.54 Å². The van der Waals surface area contributed by atoms with Gasteiger partial charge in [0.05, 0.1) is 6.54 Å². The van der Waals surface area contributed by atoms with Crippen LogP contribution in [0.15, 0.2) is 0 Å². The van der Waals surface area contributed by atoms with Crippen molar-refractivity contribution in [2.45, 2.75) is 19.1 Å². The Kier molecular flexibility index (Phi) is 2.19. The third kappa shape index (κ3) is 1.50. The minimum absolute atomic E-state index is 0.366. The minimum Gasteiger partial charge on any atom is -0.378 e. The average molecular weight is 129 g/mol. The Morgan fingerprint density at radius 2 is 2.56 bits per heavy atom. The van der Waals surface area contributed by atoms with Gasteiger partial charge >= 0.3 is 0 Å². The second kappa shape index (κ2) is 2.94. The van der Waals surface area contributed by atoms with E-state index < -0.39 is 0 Å². The number of carbonyl (C=O) groups excluding carboxylic acids is 1. The van der Waals surface area contributed by atoms with Crippen LogP contribution in [0.4, 0.5) is 0 Å². The van der Waals surface area contributed by atoms with Crippen LogP contribution in [0.3, 0.4) is 0 Å². The van der Waals surface area contributed by atoms with E-state index in [0.717, 1.165) is 25.7 Å². The van der Waals surface area contributed by atoms with E-state index in [2.05, 4.69) is 0 Å². The van der Waals surface area contributed by atoms with Crippen molar-refractivity contribution in [1.82, 2.24) is 4.90 Å². The van der Waals surface area contributed by atoms with Gasteiger partial charge in [0.15, 0.2) is 0 Å². The molecule has 1 N–H and O–H groups in total. The lowest BCUT2D eigenvalue weighted by atomic mass is 10.4. The van der Waals surface area contributed by atoms with Crippen LogP contribution in [-0.2, 0) is 4.79 Å². The molecule has 3 heteroatoms. The summed E-state index contributed by atoms with van der Waals surface area (Å²) in [6.07, 6.45) is 2.28. The standard InChI is InChI=1S/C6H11NO2/c8-5-4-7-3-1-2-6(7)9/h5-6,9H,1-4H2. The van der Waals surface area contributed by atoms with E-state index in [9.17, 15) is 4.79 Å². The van der Waals surface area contributed by atoms with Crippen molar-refractivity contribution in [3.63, 3.8) is 0 Å². The van der Waals surface area contributed by atoms with Gasteiger partial charge in [0.1, 0.15) is 12.5 Å². The first-order valence-corrected chi connectivity index (χ1v) is 3.20. The van der Waals surface area contributed by atoms with Crippen LogP contribution in [0, 0.1) is 0 Å². The van der Waals surface area contributed by atoms with Crippen LogP contribution in [-0.4, -0.2) is 35.6 Å². The fourth-order valence-electron chi connectivity index (χ4n) is 1.12. The summed E-state index contributed by atoms with van der Waals surface area (Å²) in [7, 11) is 0. The Balaban J connectivity index is 2.30. The maximum absolute atomic E-state index is 9.95. The summed E-state index contributed by atoms with van der Waals surface area (Å²) in [6, 6.07) is 0. The van der Waals surface area contributed by atoms with Gasteiger partial charge < -0.3 is 9.90 Å². The van der Waals surface area contributed by atoms with Crippen molar-refractivity contribution >= 4 is 6.29 Å². The lowest BCUT2D eigenvalue weighted by Crippen LogP contribution is -2.30. The second-order valence-corrected chi connectivity index (χ2v) is 2.28.